The van der Waals surface area contributed by atoms with Gasteiger partial charge in [0.2, 0.25) is 0 Å². The number of rotatable bonds is 4. The maximum absolute atomic E-state index is 13.2. The number of halogens is 2. The second kappa shape index (κ2) is 7.99. The number of benzene rings is 2. The third-order valence-corrected chi connectivity index (χ3v) is 6.06. The van der Waals surface area contributed by atoms with E-state index in [0.29, 0.717) is 22.7 Å². The topological polar surface area (TPSA) is 32.3 Å². The lowest BCUT2D eigenvalue weighted by Crippen LogP contribution is -2.56. The highest BCUT2D eigenvalue weighted by molar-refractivity contribution is 6.30. The fraction of sp³-hybridized carbons (Fsp3) is 0.409. The Morgan fingerprint density at radius 2 is 1.81 bits per heavy atom. The first-order valence-corrected chi connectivity index (χ1v) is 10.0. The molecule has 0 aliphatic carbocycles. The van der Waals surface area contributed by atoms with E-state index in [-0.39, 0.29) is 17.8 Å². The zero-order chi connectivity index (χ0) is 18.8. The maximum Gasteiger partial charge on any atom is 0.251 e. The average molecular weight is 387 g/mol. The van der Waals surface area contributed by atoms with Crippen LogP contribution in [-0.4, -0.2) is 28.9 Å². The maximum atomic E-state index is 13.2. The summed E-state index contributed by atoms with van der Waals surface area (Å²) < 4.78 is 13.2. The van der Waals surface area contributed by atoms with Crippen molar-refractivity contribution in [2.45, 2.75) is 56.8 Å². The number of hydrogen-bond acceptors (Lipinski definition) is 2. The number of carbonyl (C=O) groups is 1. The molecule has 142 valence electrons. The monoisotopic (exact) mass is 386 g/mol. The molecule has 0 aromatic heterocycles. The standard InChI is InChI=1S/C22H24ClFN2O/c23-17-4-1-3-16(11-17)22(27)25-19-12-20-5-2-6-21(13-19)26(20)14-15-7-9-18(24)10-8-15/h1,3-4,7-11,19-21H,2,5-6,12-14H2,(H,25,27)/t19?,20-,21+. The van der Waals surface area contributed by atoms with Gasteiger partial charge < -0.3 is 5.32 Å². The van der Waals surface area contributed by atoms with Crippen LogP contribution in [-0.2, 0) is 6.54 Å². The van der Waals surface area contributed by atoms with Crippen molar-refractivity contribution in [2.75, 3.05) is 0 Å². The van der Waals surface area contributed by atoms with Crippen LogP contribution in [0, 0.1) is 5.82 Å². The second-order valence-electron chi connectivity index (χ2n) is 7.69. The SMILES string of the molecule is O=C(NC1C[C@H]2CCC[C@@H](C1)N2Cc1ccc(F)cc1)c1cccc(Cl)c1. The lowest BCUT2D eigenvalue weighted by atomic mass is 9.81. The number of nitrogens with zero attached hydrogens (tertiary/aromatic N) is 1. The molecule has 2 aliphatic rings. The summed E-state index contributed by atoms with van der Waals surface area (Å²) in [4.78, 5) is 15.1. The van der Waals surface area contributed by atoms with E-state index in [0.717, 1.165) is 37.8 Å². The normalized spacial score (nSPS) is 25.2. The van der Waals surface area contributed by atoms with Crippen LogP contribution in [0.3, 0.4) is 0 Å². The van der Waals surface area contributed by atoms with Crippen molar-refractivity contribution < 1.29 is 9.18 Å². The lowest BCUT2D eigenvalue weighted by Gasteiger charge is -2.49. The Morgan fingerprint density at radius 3 is 2.48 bits per heavy atom. The van der Waals surface area contributed by atoms with E-state index in [2.05, 4.69) is 10.2 Å². The molecule has 2 heterocycles. The van der Waals surface area contributed by atoms with Gasteiger partial charge in [0.1, 0.15) is 5.82 Å². The minimum absolute atomic E-state index is 0.0486. The number of nitrogens with one attached hydrogen (secondary N) is 1. The van der Waals surface area contributed by atoms with Crippen LogP contribution in [0.2, 0.25) is 5.02 Å². The summed E-state index contributed by atoms with van der Waals surface area (Å²) in [7, 11) is 0. The summed E-state index contributed by atoms with van der Waals surface area (Å²) in [6, 6.07) is 15.0. The molecule has 2 aliphatic heterocycles. The fourth-order valence-electron chi connectivity index (χ4n) is 4.55. The Bertz CT molecular complexity index is 796. The average Bonchev–Trinajstić information content (AvgIpc) is 2.64. The Kier molecular flexibility index (Phi) is 5.46. The van der Waals surface area contributed by atoms with Gasteiger partial charge in [0.05, 0.1) is 0 Å². The van der Waals surface area contributed by atoms with Crippen molar-refractivity contribution in [3.05, 3.63) is 70.5 Å². The van der Waals surface area contributed by atoms with Crippen molar-refractivity contribution in [3.8, 4) is 0 Å². The summed E-state index contributed by atoms with van der Waals surface area (Å²) in [5.74, 6) is -0.242. The van der Waals surface area contributed by atoms with Gasteiger partial charge in [-0.3, -0.25) is 9.69 Å². The molecule has 0 saturated carbocycles. The zero-order valence-electron chi connectivity index (χ0n) is 15.2. The highest BCUT2D eigenvalue weighted by Crippen LogP contribution is 2.35. The highest BCUT2D eigenvalue weighted by Gasteiger charge is 2.38. The Balaban J connectivity index is 1.41. The number of hydrogen-bond donors (Lipinski definition) is 1. The van der Waals surface area contributed by atoms with E-state index in [9.17, 15) is 9.18 Å². The first kappa shape index (κ1) is 18.5. The Labute approximate surface area is 164 Å². The molecule has 27 heavy (non-hydrogen) atoms. The summed E-state index contributed by atoms with van der Waals surface area (Å²) in [5, 5.41) is 3.79. The molecule has 2 aromatic rings. The van der Waals surface area contributed by atoms with Gasteiger partial charge in [-0.05, 0) is 61.6 Å². The van der Waals surface area contributed by atoms with Crippen molar-refractivity contribution >= 4 is 17.5 Å². The fourth-order valence-corrected chi connectivity index (χ4v) is 4.74. The minimum atomic E-state index is -0.193. The van der Waals surface area contributed by atoms with E-state index in [4.69, 9.17) is 11.6 Å². The van der Waals surface area contributed by atoms with Gasteiger partial charge in [0, 0.05) is 35.3 Å². The van der Waals surface area contributed by atoms with Gasteiger partial charge in [0.25, 0.3) is 5.91 Å². The molecule has 2 fully saturated rings. The Hall–Kier alpha value is -1.91. The minimum Gasteiger partial charge on any atom is -0.349 e. The molecule has 3 atom stereocenters. The molecule has 2 aromatic carbocycles. The summed E-state index contributed by atoms with van der Waals surface area (Å²) in [6.07, 6.45) is 5.47. The molecule has 1 amide bonds. The van der Waals surface area contributed by atoms with Crippen LogP contribution in [0.5, 0.6) is 0 Å². The largest absolute Gasteiger partial charge is 0.349 e. The number of fused-ring (bicyclic) bond motifs is 2. The van der Waals surface area contributed by atoms with Crippen molar-refractivity contribution in [3.63, 3.8) is 0 Å². The smallest absolute Gasteiger partial charge is 0.251 e. The molecule has 3 nitrogen and oxygen atoms in total. The molecule has 0 spiro atoms. The summed E-state index contributed by atoms with van der Waals surface area (Å²) in [5.41, 5.74) is 1.76. The zero-order valence-corrected chi connectivity index (χ0v) is 16.0. The molecule has 2 saturated heterocycles. The molecule has 5 heteroatoms. The van der Waals surface area contributed by atoms with Crippen LogP contribution >= 0.6 is 11.6 Å². The highest BCUT2D eigenvalue weighted by atomic mass is 35.5. The molecular formula is C22H24ClFN2O. The van der Waals surface area contributed by atoms with E-state index < -0.39 is 0 Å². The molecule has 1 unspecified atom stereocenters. The van der Waals surface area contributed by atoms with Gasteiger partial charge in [-0.2, -0.15) is 0 Å². The van der Waals surface area contributed by atoms with E-state index in [1.54, 1.807) is 24.3 Å². The van der Waals surface area contributed by atoms with Crippen LogP contribution in [0.15, 0.2) is 48.5 Å². The second-order valence-corrected chi connectivity index (χ2v) is 8.13. The van der Waals surface area contributed by atoms with Gasteiger partial charge in [0.15, 0.2) is 0 Å². The molecular weight excluding hydrogens is 363 g/mol. The molecule has 2 bridgehead atoms. The van der Waals surface area contributed by atoms with Crippen LogP contribution in [0.1, 0.15) is 48.0 Å². The van der Waals surface area contributed by atoms with Crippen LogP contribution < -0.4 is 5.32 Å². The quantitative estimate of drug-likeness (QED) is 0.818. The van der Waals surface area contributed by atoms with E-state index in [1.165, 1.54) is 18.6 Å². The number of amides is 1. The lowest BCUT2D eigenvalue weighted by molar-refractivity contribution is 0.0177. The third-order valence-electron chi connectivity index (χ3n) is 5.83. The first-order chi connectivity index (χ1) is 13.1. The van der Waals surface area contributed by atoms with Gasteiger partial charge in [-0.25, -0.2) is 4.39 Å². The van der Waals surface area contributed by atoms with Gasteiger partial charge >= 0.3 is 0 Å². The molecule has 0 radical (unpaired) electrons. The number of carbonyl (C=O) groups excluding carboxylic acids is 1. The van der Waals surface area contributed by atoms with E-state index >= 15 is 0 Å². The molecule has 1 N–H and O–H groups in total. The van der Waals surface area contributed by atoms with Crippen molar-refractivity contribution in [1.82, 2.24) is 10.2 Å². The van der Waals surface area contributed by atoms with Crippen LogP contribution in [0.4, 0.5) is 4.39 Å². The van der Waals surface area contributed by atoms with Crippen LogP contribution in [0.25, 0.3) is 0 Å². The predicted molar refractivity (Wildman–Crippen MR) is 105 cm³/mol. The predicted octanol–water partition coefficient (Wildman–Crippen LogP) is 4.79. The van der Waals surface area contributed by atoms with Crippen molar-refractivity contribution in [2.24, 2.45) is 0 Å². The van der Waals surface area contributed by atoms with Crippen molar-refractivity contribution in [1.29, 1.82) is 0 Å². The van der Waals surface area contributed by atoms with Gasteiger partial charge in [-0.1, -0.05) is 36.2 Å². The molecule has 4 rings (SSSR count). The summed E-state index contributed by atoms with van der Waals surface area (Å²) >= 11 is 6.01. The third kappa shape index (κ3) is 4.33. The van der Waals surface area contributed by atoms with E-state index in [1.807, 2.05) is 12.1 Å². The summed E-state index contributed by atoms with van der Waals surface area (Å²) in [6.45, 7) is 0.852. The van der Waals surface area contributed by atoms with Gasteiger partial charge in [-0.15, -0.1) is 0 Å². The first-order valence-electron chi connectivity index (χ1n) is 9.65. The number of piperidine rings is 2. The Morgan fingerprint density at radius 1 is 1.11 bits per heavy atom.